The van der Waals surface area contributed by atoms with Crippen LogP contribution in [0.3, 0.4) is 0 Å². The highest BCUT2D eigenvalue weighted by atomic mass is 32.1. The lowest BCUT2D eigenvalue weighted by Crippen LogP contribution is -2.56. The van der Waals surface area contributed by atoms with Crippen molar-refractivity contribution in [1.29, 1.82) is 0 Å². The summed E-state index contributed by atoms with van der Waals surface area (Å²) in [5.74, 6) is -0.710. The summed E-state index contributed by atoms with van der Waals surface area (Å²) in [5, 5.41) is 16.3. The zero-order valence-corrected chi connectivity index (χ0v) is 19.3. The van der Waals surface area contributed by atoms with E-state index in [9.17, 15) is 14.7 Å². The van der Waals surface area contributed by atoms with Gasteiger partial charge in [-0.2, -0.15) is 0 Å². The van der Waals surface area contributed by atoms with Gasteiger partial charge in [-0.25, -0.2) is 4.79 Å². The number of rotatable bonds is 4. The molecule has 0 aliphatic carbocycles. The zero-order valence-electron chi connectivity index (χ0n) is 18.5. The van der Waals surface area contributed by atoms with E-state index < -0.39 is 17.2 Å². The van der Waals surface area contributed by atoms with Crippen LogP contribution < -0.4 is 10.6 Å². The van der Waals surface area contributed by atoms with Crippen molar-refractivity contribution in [1.82, 2.24) is 15.5 Å². The maximum Gasteiger partial charge on any atom is 0.410 e. The summed E-state index contributed by atoms with van der Waals surface area (Å²) >= 11 is 5.47. The first kappa shape index (κ1) is 23.7. The SMILES string of the molecule is CC(C)(C)OC(=O)N1CC(CO)C(NC(=S)NC(=O)c2ccccc2)(c2ccccc2)C1.[HH]. The van der Waals surface area contributed by atoms with E-state index in [2.05, 4.69) is 10.6 Å². The Bertz CT molecular complexity index is 969. The van der Waals surface area contributed by atoms with E-state index in [-0.39, 0.29) is 38.1 Å². The standard InChI is InChI=1S/C24H29N3O4S.H2/c1-23(2,3)31-22(30)27-14-19(15-28)24(16-27,18-12-8-5-9-13-18)26-21(32)25-20(29)17-10-6-4-7-11-17;/h4-13,19,28H,14-16H2,1-3H3,(H2,25,26,29,32);1H. The Hall–Kier alpha value is -2.97. The minimum absolute atomic E-state index is 0. The third-order valence-electron chi connectivity index (χ3n) is 5.34. The van der Waals surface area contributed by atoms with E-state index in [1.165, 1.54) is 0 Å². The zero-order chi connectivity index (χ0) is 23.4. The fraction of sp³-hybridized carbons (Fsp3) is 0.375. The van der Waals surface area contributed by atoms with Crippen LogP contribution in [0.4, 0.5) is 4.79 Å². The predicted octanol–water partition coefficient (Wildman–Crippen LogP) is 3.29. The first-order chi connectivity index (χ1) is 15.1. The summed E-state index contributed by atoms with van der Waals surface area (Å²) in [5.41, 5.74) is -0.211. The van der Waals surface area contributed by atoms with Gasteiger partial charge >= 0.3 is 6.09 Å². The Morgan fingerprint density at radius 3 is 2.31 bits per heavy atom. The van der Waals surface area contributed by atoms with Gasteiger partial charge in [-0.05, 0) is 50.7 Å². The number of amides is 2. The van der Waals surface area contributed by atoms with Gasteiger partial charge in [0.25, 0.3) is 5.91 Å². The molecule has 3 rings (SSSR count). The van der Waals surface area contributed by atoms with E-state index in [0.29, 0.717) is 5.56 Å². The van der Waals surface area contributed by atoms with Crippen LogP contribution in [0, 0.1) is 5.92 Å². The minimum atomic E-state index is -0.895. The summed E-state index contributed by atoms with van der Waals surface area (Å²) < 4.78 is 5.55. The molecule has 0 radical (unpaired) electrons. The number of likely N-dealkylation sites (tertiary alicyclic amines) is 1. The number of nitrogens with zero attached hydrogens (tertiary/aromatic N) is 1. The molecule has 1 fully saturated rings. The van der Waals surface area contributed by atoms with Gasteiger partial charge in [0.1, 0.15) is 5.60 Å². The first-order valence-corrected chi connectivity index (χ1v) is 10.9. The number of carbonyl (C=O) groups excluding carboxylic acids is 2. The van der Waals surface area contributed by atoms with Gasteiger partial charge < -0.3 is 20.1 Å². The highest BCUT2D eigenvalue weighted by Crippen LogP contribution is 2.37. The van der Waals surface area contributed by atoms with Gasteiger partial charge in [-0.3, -0.25) is 10.1 Å². The number of nitrogens with one attached hydrogen (secondary N) is 2. The van der Waals surface area contributed by atoms with Crippen LogP contribution in [-0.2, 0) is 10.3 Å². The van der Waals surface area contributed by atoms with Crippen molar-refractivity contribution in [2.45, 2.75) is 31.9 Å². The van der Waals surface area contributed by atoms with Crippen molar-refractivity contribution in [3.05, 3.63) is 71.8 Å². The number of carbonyl (C=O) groups is 2. The van der Waals surface area contributed by atoms with Crippen LogP contribution >= 0.6 is 12.2 Å². The second-order valence-electron chi connectivity index (χ2n) is 8.85. The summed E-state index contributed by atoms with van der Waals surface area (Å²) in [7, 11) is 0. The Morgan fingerprint density at radius 2 is 1.75 bits per heavy atom. The third kappa shape index (κ3) is 5.44. The Morgan fingerprint density at radius 1 is 1.16 bits per heavy atom. The van der Waals surface area contributed by atoms with Gasteiger partial charge in [-0.15, -0.1) is 0 Å². The van der Waals surface area contributed by atoms with E-state index in [0.717, 1.165) is 5.56 Å². The number of hydrogen-bond acceptors (Lipinski definition) is 5. The molecule has 2 unspecified atom stereocenters. The highest BCUT2D eigenvalue weighted by Gasteiger charge is 2.50. The van der Waals surface area contributed by atoms with Gasteiger partial charge in [0, 0.05) is 19.5 Å². The molecule has 1 heterocycles. The van der Waals surface area contributed by atoms with Crippen molar-refractivity contribution < 1.29 is 20.9 Å². The maximum absolute atomic E-state index is 12.8. The third-order valence-corrected chi connectivity index (χ3v) is 5.54. The number of ether oxygens (including phenoxy) is 1. The molecular formula is C24H31N3O4S. The van der Waals surface area contributed by atoms with Crippen LogP contribution in [0.15, 0.2) is 60.7 Å². The van der Waals surface area contributed by atoms with E-state index in [4.69, 9.17) is 17.0 Å². The number of aliphatic hydroxyl groups excluding tert-OH is 1. The van der Waals surface area contributed by atoms with Crippen molar-refractivity contribution in [2.75, 3.05) is 19.7 Å². The summed E-state index contributed by atoms with van der Waals surface area (Å²) in [4.78, 5) is 26.9. The van der Waals surface area contributed by atoms with Crippen molar-refractivity contribution in [3.8, 4) is 0 Å². The van der Waals surface area contributed by atoms with Crippen LogP contribution in [0.5, 0.6) is 0 Å². The van der Waals surface area contributed by atoms with Gasteiger partial charge in [0.05, 0.1) is 18.7 Å². The molecule has 0 aromatic heterocycles. The molecule has 7 nitrogen and oxygen atoms in total. The van der Waals surface area contributed by atoms with E-state index in [1.807, 2.05) is 36.4 Å². The molecule has 172 valence electrons. The molecule has 1 aliphatic heterocycles. The molecule has 2 aromatic carbocycles. The van der Waals surface area contributed by atoms with E-state index in [1.54, 1.807) is 49.9 Å². The lowest BCUT2D eigenvalue weighted by molar-refractivity contribution is 0.0277. The number of thiocarbonyl (C=S) groups is 1. The first-order valence-electron chi connectivity index (χ1n) is 10.5. The number of hydrogen-bond donors (Lipinski definition) is 3. The largest absolute Gasteiger partial charge is 0.444 e. The normalized spacial score (nSPS) is 20.5. The molecular weight excluding hydrogens is 426 g/mol. The molecule has 3 N–H and O–H groups in total. The lowest BCUT2D eigenvalue weighted by Gasteiger charge is -2.36. The molecule has 0 bridgehead atoms. The molecule has 8 heteroatoms. The maximum atomic E-state index is 12.8. The Balaban J connectivity index is 0.00000385. The Labute approximate surface area is 195 Å². The van der Waals surface area contributed by atoms with Crippen LogP contribution in [0.25, 0.3) is 0 Å². The molecule has 32 heavy (non-hydrogen) atoms. The smallest absolute Gasteiger partial charge is 0.410 e. The van der Waals surface area contributed by atoms with Crippen molar-refractivity contribution >= 4 is 29.3 Å². The number of benzene rings is 2. The van der Waals surface area contributed by atoms with Crippen LogP contribution in [0.2, 0.25) is 0 Å². The molecule has 0 saturated carbocycles. The highest BCUT2D eigenvalue weighted by molar-refractivity contribution is 7.80. The predicted molar refractivity (Wildman–Crippen MR) is 128 cm³/mol. The molecule has 0 spiro atoms. The summed E-state index contributed by atoms with van der Waals surface area (Å²) in [6.07, 6.45) is -0.463. The summed E-state index contributed by atoms with van der Waals surface area (Å²) in [6.45, 7) is 5.74. The fourth-order valence-electron chi connectivity index (χ4n) is 3.87. The molecule has 2 aromatic rings. The monoisotopic (exact) mass is 457 g/mol. The lowest BCUT2D eigenvalue weighted by atomic mass is 9.81. The topological polar surface area (TPSA) is 90.9 Å². The molecule has 1 aliphatic rings. The second-order valence-corrected chi connectivity index (χ2v) is 9.26. The average Bonchev–Trinajstić information content (AvgIpc) is 3.13. The minimum Gasteiger partial charge on any atom is -0.444 e. The van der Waals surface area contributed by atoms with Crippen LogP contribution in [-0.4, -0.2) is 52.4 Å². The molecule has 2 atom stereocenters. The second kappa shape index (κ2) is 9.67. The fourth-order valence-corrected chi connectivity index (χ4v) is 4.15. The summed E-state index contributed by atoms with van der Waals surface area (Å²) in [6, 6.07) is 18.2. The van der Waals surface area contributed by atoms with Crippen molar-refractivity contribution in [2.24, 2.45) is 5.92 Å². The Kier molecular flexibility index (Phi) is 7.16. The van der Waals surface area contributed by atoms with Crippen molar-refractivity contribution in [3.63, 3.8) is 0 Å². The molecule has 1 saturated heterocycles. The van der Waals surface area contributed by atoms with Crippen LogP contribution in [0.1, 0.15) is 38.1 Å². The number of aliphatic hydroxyl groups is 1. The molecule has 2 amide bonds. The van der Waals surface area contributed by atoms with E-state index >= 15 is 0 Å². The van der Waals surface area contributed by atoms with Gasteiger partial charge in [0.15, 0.2) is 5.11 Å². The quantitative estimate of drug-likeness (QED) is 0.611. The van der Waals surface area contributed by atoms with Gasteiger partial charge in [-0.1, -0.05) is 48.5 Å². The average molecular weight is 458 g/mol. The van der Waals surface area contributed by atoms with Gasteiger partial charge in [0.2, 0.25) is 0 Å².